The predicted molar refractivity (Wildman–Crippen MR) is 55.3 cm³/mol. The number of halogens is 1. The van der Waals surface area contributed by atoms with E-state index in [1.807, 2.05) is 33.2 Å². The van der Waals surface area contributed by atoms with Gasteiger partial charge >= 0.3 is 0 Å². The molecular weight excluding hydrogens is 172 g/mol. The molecule has 0 bridgehead atoms. The fourth-order valence-electron chi connectivity index (χ4n) is 1.14. The van der Waals surface area contributed by atoms with E-state index in [4.69, 9.17) is 11.6 Å². The molecule has 0 aliphatic carbocycles. The van der Waals surface area contributed by atoms with Crippen molar-refractivity contribution in [1.82, 2.24) is 0 Å². The summed E-state index contributed by atoms with van der Waals surface area (Å²) in [6, 6.07) is 3.94. The molecule has 0 aromatic heterocycles. The van der Waals surface area contributed by atoms with E-state index in [9.17, 15) is 0 Å². The summed E-state index contributed by atoms with van der Waals surface area (Å²) in [5.74, 6) is 0. The minimum Gasteiger partial charge on any atom is -0.388 e. The molecule has 0 saturated carbocycles. The minimum atomic E-state index is 0.743. The third-order valence-corrected chi connectivity index (χ3v) is 2.17. The van der Waals surface area contributed by atoms with Crippen molar-refractivity contribution in [2.45, 2.75) is 6.92 Å². The Labute approximate surface area is 77.9 Å². The molecule has 3 heteroatoms. The molecule has 2 nitrogen and oxygen atoms in total. The molecule has 66 valence electrons. The maximum Gasteiger partial charge on any atom is 0.0658 e. The molecule has 0 radical (unpaired) electrons. The summed E-state index contributed by atoms with van der Waals surface area (Å²) in [5, 5.41) is 6.85. The molecule has 0 amide bonds. The summed E-state index contributed by atoms with van der Waals surface area (Å²) < 4.78 is 0. The standard InChI is InChI=1S/C9H13ClN2/c1-6-4-9(12-3)7(10)5-8(6)11-2/h4-5,11-12H,1-3H3. The van der Waals surface area contributed by atoms with Crippen molar-refractivity contribution in [3.05, 3.63) is 22.7 Å². The van der Waals surface area contributed by atoms with Crippen LogP contribution in [0.5, 0.6) is 0 Å². The topological polar surface area (TPSA) is 24.1 Å². The Hall–Kier alpha value is -0.890. The number of aryl methyl sites for hydroxylation is 1. The van der Waals surface area contributed by atoms with Gasteiger partial charge in [0.15, 0.2) is 0 Å². The van der Waals surface area contributed by atoms with Crippen LogP contribution in [0.2, 0.25) is 5.02 Å². The van der Waals surface area contributed by atoms with Crippen molar-refractivity contribution in [3.8, 4) is 0 Å². The number of anilines is 2. The van der Waals surface area contributed by atoms with E-state index in [0.29, 0.717) is 0 Å². The van der Waals surface area contributed by atoms with Gasteiger partial charge in [-0.25, -0.2) is 0 Å². The van der Waals surface area contributed by atoms with Crippen molar-refractivity contribution in [1.29, 1.82) is 0 Å². The summed E-state index contributed by atoms with van der Waals surface area (Å²) in [6.45, 7) is 2.04. The molecule has 0 saturated heterocycles. The van der Waals surface area contributed by atoms with Gasteiger partial charge in [0.1, 0.15) is 0 Å². The lowest BCUT2D eigenvalue weighted by atomic mass is 10.2. The predicted octanol–water partition coefficient (Wildman–Crippen LogP) is 2.73. The second-order valence-electron chi connectivity index (χ2n) is 2.65. The van der Waals surface area contributed by atoms with E-state index in [0.717, 1.165) is 16.4 Å². The Kier molecular flexibility index (Phi) is 2.82. The van der Waals surface area contributed by atoms with Crippen LogP contribution >= 0.6 is 11.6 Å². The summed E-state index contributed by atoms with van der Waals surface area (Å²) >= 11 is 5.98. The first-order valence-corrected chi connectivity index (χ1v) is 4.22. The first-order chi connectivity index (χ1) is 5.69. The number of benzene rings is 1. The van der Waals surface area contributed by atoms with E-state index in [1.54, 1.807) is 0 Å². The summed E-state index contributed by atoms with van der Waals surface area (Å²) in [7, 11) is 3.75. The molecule has 0 heterocycles. The fraction of sp³-hybridized carbons (Fsp3) is 0.333. The van der Waals surface area contributed by atoms with Gasteiger partial charge in [0, 0.05) is 19.8 Å². The number of nitrogens with one attached hydrogen (secondary N) is 2. The molecule has 1 aromatic rings. The third kappa shape index (κ3) is 1.64. The van der Waals surface area contributed by atoms with Gasteiger partial charge in [-0.2, -0.15) is 0 Å². The molecule has 12 heavy (non-hydrogen) atoms. The Morgan fingerprint density at radius 3 is 2.17 bits per heavy atom. The molecular formula is C9H13ClN2. The van der Waals surface area contributed by atoms with Gasteiger partial charge in [0.25, 0.3) is 0 Å². The summed E-state index contributed by atoms with van der Waals surface area (Å²) in [4.78, 5) is 0. The van der Waals surface area contributed by atoms with Crippen molar-refractivity contribution in [2.75, 3.05) is 24.7 Å². The van der Waals surface area contributed by atoms with Crippen LogP contribution in [0.3, 0.4) is 0 Å². The van der Waals surface area contributed by atoms with Crippen LogP contribution in [-0.4, -0.2) is 14.1 Å². The van der Waals surface area contributed by atoms with Crippen LogP contribution in [0.15, 0.2) is 12.1 Å². The lowest BCUT2D eigenvalue weighted by molar-refractivity contribution is 1.39. The molecule has 2 N–H and O–H groups in total. The fourth-order valence-corrected chi connectivity index (χ4v) is 1.40. The van der Waals surface area contributed by atoms with E-state index in [2.05, 4.69) is 10.6 Å². The molecule has 0 unspecified atom stereocenters. The Morgan fingerprint density at radius 1 is 1.08 bits per heavy atom. The van der Waals surface area contributed by atoms with Gasteiger partial charge in [-0.3, -0.25) is 0 Å². The van der Waals surface area contributed by atoms with E-state index in [1.165, 1.54) is 5.56 Å². The van der Waals surface area contributed by atoms with Gasteiger partial charge < -0.3 is 10.6 Å². The second-order valence-corrected chi connectivity index (χ2v) is 3.05. The Bertz CT molecular complexity index is 254. The van der Waals surface area contributed by atoms with Crippen molar-refractivity contribution >= 4 is 23.0 Å². The summed E-state index contributed by atoms with van der Waals surface area (Å²) in [5.41, 5.74) is 3.22. The van der Waals surface area contributed by atoms with Crippen molar-refractivity contribution in [3.63, 3.8) is 0 Å². The molecule has 0 spiro atoms. The highest BCUT2D eigenvalue weighted by atomic mass is 35.5. The maximum atomic E-state index is 5.98. The van der Waals surface area contributed by atoms with Gasteiger partial charge in [0.2, 0.25) is 0 Å². The van der Waals surface area contributed by atoms with Crippen molar-refractivity contribution < 1.29 is 0 Å². The monoisotopic (exact) mass is 184 g/mol. The smallest absolute Gasteiger partial charge is 0.0658 e. The van der Waals surface area contributed by atoms with Crippen LogP contribution in [0.1, 0.15) is 5.56 Å². The Morgan fingerprint density at radius 2 is 1.67 bits per heavy atom. The highest BCUT2D eigenvalue weighted by Crippen LogP contribution is 2.28. The highest BCUT2D eigenvalue weighted by Gasteiger charge is 2.02. The first kappa shape index (κ1) is 9.20. The van der Waals surface area contributed by atoms with E-state index in [-0.39, 0.29) is 0 Å². The van der Waals surface area contributed by atoms with Gasteiger partial charge in [-0.05, 0) is 24.6 Å². The first-order valence-electron chi connectivity index (χ1n) is 3.84. The number of hydrogen-bond acceptors (Lipinski definition) is 2. The third-order valence-electron chi connectivity index (χ3n) is 1.85. The number of rotatable bonds is 2. The van der Waals surface area contributed by atoms with Crippen LogP contribution in [0, 0.1) is 6.92 Å². The molecule has 0 fully saturated rings. The van der Waals surface area contributed by atoms with Crippen LogP contribution in [0.25, 0.3) is 0 Å². The molecule has 0 aliphatic heterocycles. The van der Waals surface area contributed by atoms with Gasteiger partial charge in [0.05, 0.1) is 10.7 Å². The van der Waals surface area contributed by atoms with Crippen LogP contribution in [0.4, 0.5) is 11.4 Å². The molecule has 0 atom stereocenters. The average Bonchev–Trinajstić information content (AvgIpc) is 2.08. The van der Waals surface area contributed by atoms with Gasteiger partial charge in [-0.15, -0.1) is 0 Å². The SMILES string of the molecule is CNc1cc(Cl)c(NC)cc1C. The highest BCUT2D eigenvalue weighted by molar-refractivity contribution is 6.33. The molecule has 0 aliphatic rings. The number of hydrogen-bond donors (Lipinski definition) is 2. The average molecular weight is 185 g/mol. The van der Waals surface area contributed by atoms with Crippen LogP contribution < -0.4 is 10.6 Å². The molecule has 1 rings (SSSR count). The quantitative estimate of drug-likeness (QED) is 0.739. The maximum absolute atomic E-state index is 5.98. The summed E-state index contributed by atoms with van der Waals surface area (Å²) in [6.07, 6.45) is 0. The zero-order valence-corrected chi connectivity index (χ0v) is 8.29. The lowest BCUT2D eigenvalue weighted by Crippen LogP contribution is -1.95. The zero-order valence-electron chi connectivity index (χ0n) is 7.53. The lowest BCUT2D eigenvalue weighted by Gasteiger charge is -2.09. The van der Waals surface area contributed by atoms with E-state index >= 15 is 0 Å². The zero-order chi connectivity index (χ0) is 9.14. The van der Waals surface area contributed by atoms with Crippen molar-refractivity contribution in [2.24, 2.45) is 0 Å². The van der Waals surface area contributed by atoms with Crippen LogP contribution in [-0.2, 0) is 0 Å². The second kappa shape index (κ2) is 3.68. The van der Waals surface area contributed by atoms with Gasteiger partial charge in [-0.1, -0.05) is 11.6 Å². The minimum absolute atomic E-state index is 0.743. The Balaban J connectivity index is 3.16. The molecule has 1 aromatic carbocycles. The normalized spacial score (nSPS) is 9.67. The van der Waals surface area contributed by atoms with E-state index < -0.39 is 0 Å². The largest absolute Gasteiger partial charge is 0.388 e.